The molecule has 3 heterocycles. The highest BCUT2D eigenvalue weighted by molar-refractivity contribution is 7.88. The summed E-state index contributed by atoms with van der Waals surface area (Å²) >= 11 is 1.56. The Morgan fingerprint density at radius 1 is 1.12 bits per heavy atom. The van der Waals surface area contributed by atoms with E-state index in [9.17, 15) is 8.42 Å². The van der Waals surface area contributed by atoms with Gasteiger partial charge in [-0.3, -0.25) is 0 Å². The number of hydrogen-bond donors (Lipinski definition) is 1. The summed E-state index contributed by atoms with van der Waals surface area (Å²) in [5.74, 6) is 0.794. The van der Waals surface area contributed by atoms with Crippen LogP contribution in [0.4, 0.5) is 0 Å². The second kappa shape index (κ2) is 8.74. The highest BCUT2D eigenvalue weighted by Gasteiger charge is 2.44. The van der Waals surface area contributed by atoms with Gasteiger partial charge in [0.05, 0.1) is 16.5 Å². The molecular weight excluding hydrogens is 442 g/mol. The predicted octanol–water partition coefficient (Wildman–Crippen LogP) is 4.48. The number of fused-ring (bicyclic) bond motifs is 3. The number of ether oxygens (including phenoxy) is 1. The fourth-order valence-electron chi connectivity index (χ4n) is 5.14. The standard InChI is InChI=1S/C24H29N3O3S2/c1-16-3-10-22-23(13-16)31-24(26-22)30-21-8-4-17(5-9-21)11-12-25-18-14-19-6-7-20(15-18)27(19)32(2,28)29/h3-5,8-10,13,18-20,25H,6-7,11-12,14-15H2,1-2H3/t18?,19-,20+. The van der Waals surface area contributed by atoms with Crippen LogP contribution >= 0.6 is 11.3 Å². The first-order chi connectivity index (χ1) is 15.3. The van der Waals surface area contributed by atoms with Crippen LogP contribution in [0.15, 0.2) is 42.5 Å². The molecule has 1 unspecified atom stereocenters. The molecular formula is C24H29N3O3S2. The number of benzene rings is 2. The first-order valence-corrected chi connectivity index (χ1v) is 13.9. The zero-order chi connectivity index (χ0) is 22.3. The largest absolute Gasteiger partial charge is 0.431 e. The Labute approximate surface area is 193 Å². The second-order valence-electron chi connectivity index (χ2n) is 9.05. The van der Waals surface area contributed by atoms with Gasteiger partial charge in [0.15, 0.2) is 0 Å². The lowest BCUT2D eigenvalue weighted by molar-refractivity contribution is 0.208. The van der Waals surface area contributed by atoms with E-state index in [0.29, 0.717) is 11.2 Å². The third-order valence-corrected chi connectivity index (χ3v) is 8.81. The zero-order valence-electron chi connectivity index (χ0n) is 18.5. The smallest absolute Gasteiger partial charge is 0.279 e. The van der Waals surface area contributed by atoms with Gasteiger partial charge in [0, 0.05) is 18.1 Å². The van der Waals surface area contributed by atoms with E-state index in [1.807, 2.05) is 18.2 Å². The van der Waals surface area contributed by atoms with Gasteiger partial charge in [-0.15, -0.1) is 0 Å². The first kappa shape index (κ1) is 21.8. The summed E-state index contributed by atoms with van der Waals surface area (Å²) in [7, 11) is -3.10. The molecule has 170 valence electrons. The average Bonchev–Trinajstić information content (AvgIpc) is 3.26. The molecule has 0 saturated carbocycles. The Kier molecular flexibility index (Phi) is 5.96. The van der Waals surface area contributed by atoms with Crippen molar-refractivity contribution in [3.05, 3.63) is 53.6 Å². The van der Waals surface area contributed by atoms with Crippen molar-refractivity contribution in [2.75, 3.05) is 12.8 Å². The van der Waals surface area contributed by atoms with Crippen LogP contribution in [0.2, 0.25) is 0 Å². The average molecular weight is 472 g/mol. The minimum atomic E-state index is -3.10. The normalized spacial score (nSPS) is 23.6. The molecule has 0 spiro atoms. The van der Waals surface area contributed by atoms with Gasteiger partial charge in [0.2, 0.25) is 10.0 Å². The third kappa shape index (κ3) is 4.69. The summed E-state index contributed by atoms with van der Waals surface area (Å²) in [6, 6.07) is 15.2. The van der Waals surface area contributed by atoms with Gasteiger partial charge in [-0.1, -0.05) is 29.5 Å². The van der Waals surface area contributed by atoms with Crippen molar-refractivity contribution in [2.45, 2.75) is 57.2 Å². The summed E-state index contributed by atoms with van der Waals surface area (Å²) in [6.45, 7) is 2.97. The zero-order valence-corrected chi connectivity index (χ0v) is 20.1. The molecule has 8 heteroatoms. The van der Waals surface area contributed by atoms with Crippen molar-refractivity contribution in [3.8, 4) is 10.9 Å². The Balaban J connectivity index is 1.12. The van der Waals surface area contributed by atoms with E-state index >= 15 is 0 Å². The molecule has 2 aliphatic heterocycles. The summed E-state index contributed by atoms with van der Waals surface area (Å²) in [5.41, 5.74) is 3.44. The maximum Gasteiger partial charge on any atom is 0.279 e. The summed E-state index contributed by atoms with van der Waals surface area (Å²) in [4.78, 5) is 4.56. The first-order valence-electron chi connectivity index (χ1n) is 11.2. The highest BCUT2D eigenvalue weighted by atomic mass is 32.2. The Hall–Kier alpha value is -2.00. The van der Waals surface area contributed by atoms with Gasteiger partial charge in [0.25, 0.3) is 5.19 Å². The van der Waals surface area contributed by atoms with Crippen LogP contribution in [0.1, 0.15) is 36.8 Å². The highest BCUT2D eigenvalue weighted by Crippen LogP contribution is 2.37. The van der Waals surface area contributed by atoms with Gasteiger partial charge in [0.1, 0.15) is 5.75 Å². The van der Waals surface area contributed by atoms with Gasteiger partial charge in [-0.2, -0.15) is 4.31 Å². The quantitative estimate of drug-likeness (QED) is 0.550. The summed E-state index contributed by atoms with van der Waals surface area (Å²) < 4.78 is 33.0. The molecule has 3 atom stereocenters. The van der Waals surface area contributed by atoms with Crippen LogP contribution in [0.5, 0.6) is 10.9 Å². The lowest BCUT2D eigenvalue weighted by Gasteiger charge is -2.37. The van der Waals surface area contributed by atoms with E-state index in [-0.39, 0.29) is 12.1 Å². The molecule has 2 aliphatic rings. The van der Waals surface area contributed by atoms with E-state index in [1.165, 1.54) is 17.4 Å². The van der Waals surface area contributed by atoms with Crippen molar-refractivity contribution in [1.29, 1.82) is 0 Å². The maximum atomic E-state index is 12.0. The van der Waals surface area contributed by atoms with Crippen molar-refractivity contribution < 1.29 is 13.2 Å². The van der Waals surface area contributed by atoms with Crippen molar-refractivity contribution >= 4 is 31.6 Å². The molecule has 5 rings (SSSR count). The van der Waals surface area contributed by atoms with Crippen LogP contribution in [-0.2, 0) is 16.4 Å². The van der Waals surface area contributed by atoms with Crippen molar-refractivity contribution in [1.82, 2.24) is 14.6 Å². The van der Waals surface area contributed by atoms with Crippen LogP contribution in [0.3, 0.4) is 0 Å². The molecule has 0 aliphatic carbocycles. The maximum absolute atomic E-state index is 12.0. The van der Waals surface area contributed by atoms with Crippen LogP contribution in [-0.4, -0.2) is 48.6 Å². The third-order valence-electron chi connectivity index (χ3n) is 6.55. The summed E-state index contributed by atoms with van der Waals surface area (Å²) in [6.07, 6.45) is 6.09. The summed E-state index contributed by atoms with van der Waals surface area (Å²) in [5, 5.41) is 4.32. The minimum Gasteiger partial charge on any atom is -0.431 e. The van der Waals surface area contributed by atoms with Crippen LogP contribution in [0.25, 0.3) is 10.2 Å². The molecule has 1 N–H and O–H groups in total. The molecule has 6 nitrogen and oxygen atoms in total. The minimum absolute atomic E-state index is 0.170. The fraction of sp³-hybridized carbons (Fsp3) is 0.458. The molecule has 2 fully saturated rings. The Bertz CT molecular complexity index is 1190. The number of nitrogens with one attached hydrogen (secondary N) is 1. The molecule has 2 aromatic carbocycles. The molecule has 0 amide bonds. The van der Waals surface area contributed by atoms with Crippen molar-refractivity contribution in [2.24, 2.45) is 0 Å². The Morgan fingerprint density at radius 3 is 2.53 bits per heavy atom. The molecule has 2 saturated heterocycles. The van der Waals surface area contributed by atoms with Crippen LogP contribution in [0, 0.1) is 6.92 Å². The van der Waals surface area contributed by atoms with Gasteiger partial charge < -0.3 is 10.1 Å². The fourth-order valence-corrected chi connectivity index (χ4v) is 7.54. The van der Waals surface area contributed by atoms with E-state index in [4.69, 9.17) is 4.74 Å². The lowest BCUT2D eigenvalue weighted by atomic mass is 9.99. The second-order valence-corrected chi connectivity index (χ2v) is 11.9. The number of sulfonamides is 1. The van der Waals surface area contributed by atoms with Gasteiger partial charge >= 0.3 is 0 Å². The lowest BCUT2D eigenvalue weighted by Crippen LogP contribution is -2.51. The van der Waals surface area contributed by atoms with E-state index in [2.05, 4.69) is 41.5 Å². The number of hydrogen-bond acceptors (Lipinski definition) is 6. The monoisotopic (exact) mass is 471 g/mol. The number of aryl methyl sites for hydroxylation is 1. The topological polar surface area (TPSA) is 71.5 Å². The molecule has 32 heavy (non-hydrogen) atoms. The van der Waals surface area contributed by atoms with E-state index in [1.54, 1.807) is 15.6 Å². The van der Waals surface area contributed by atoms with Crippen molar-refractivity contribution in [3.63, 3.8) is 0 Å². The Morgan fingerprint density at radius 2 is 1.84 bits per heavy atom. The molecule has 2 bridgehead atoms. The number of nitrogens with zero attached hydrogens (tertiary/aromatic N) is 2. The number of rotatable bonds is 7. The van der Waals surface area contributed by atoms with E-state index < -0.39 is 10.0 Å². The van der Waals surface area contributed by atoms with E-state index in [0.717, 1.165) is 54.6 Å². The SMILES string of the molecule is Cc1ccc2nc(Oc3ccc(CCNC4C[C@H]5CC[C@@H](C4)N5S(C)(=O)=O)cc3)sc2c1. The number of aromatic nitrogens is 1. The molecule has 3 aromatic rings. The molecule has 1 aromatic heterocycles. The van der Waals surface area contributed by atoms with Gasteiger partial charge in [-0.25, -0.2) is 13.4 Å². The number of thiazole rings is 1. The number of piperidine rings is 1. The van der Waals surface area contributed by atoms with Crippen LogP contribution < -0.4 is 10.1 Å². The van der Waals surface area contributed by atoms with Gasteiger partial charge in [-0.05, 0) is 81.0 Å². The predicted molar refractivity (Wildman–Crippen MR) is 129 cm³/mol. The molecule has 0 radical (unpaired) electrons.